The van der Waals surface area contributed by atoms with Crippen molar-refractivity contribution in [2.75, 3.05) is 18.1 Å². The van der Waals surface area contributed by atoms with Gasteiger partial charge in [0.25, 0.3) is 0 Å². The molecule has 5 nitrogen and oxygen atoms in total. The van der Waals surface area contributed by atoms with Crippen LogP contribution in [0.25, 0.3) is 0 Å². The van der Waals surface area contributed by atoms with E-state index in [1.807, 2.05) is 0 Å². The number of amides is 1. The summed E-state index contributed by atoms with van der Waals surface area (Å²) in [5, 5.41) is 12.0. The number of nitrogens with one attached hydrogen (secondary N) is 1. The molecule has 0 aromatic carbocycles. The third-order valence-corrected chi connectivity index (χ3v) is 4.69. The van der Waals surface area contributed by atoms with Crippen LogP contribution >= 0.6 is 11.8 Å². The molecule has 0 bridgehead atoms. The molecule has 102 valence electrons. The third-order valence-electron chi connectivity index (χ3n) is 3.50. The van der Waals surface area contributed by atoms with Crippen LogP contribution in [0.15, 0.2) is 0 Å². The molecule has 0 aliphatic carbocycles. The maximum atomic E-state index is 11.9. The van der Waals surface area contributed by atoms with Gasteiger partial charge in [0.2, 0.25) is 5.91 Å². The number of ether oxygens (including phenoxy) is 1. The van der Waals surface area contributed by atoms with Crippen molar-refractivity contribution in [3.05, 3.63) is 0 Å². The van der Waals surface area contributed by atoms with Crippen LogP contribution in [0.5, 0.6) is 0 Å². The molecule has 2 N–H and O–H groups in total. The predicted molar refractivity (Wildman–Crippen MR) is 68.7 cm³/mol. The fourth-order valence-electron chi connectivity index (χ4n) is 2.38. The van der Waals surface area contributed by atoms with Crippen molar-refractivity contribution in [3.63, 3.8) is 0 Å². The molecule has 0 aromatic heterocycles. The summed E-state index contributed by atoms with van der Waals surface area (Å²) < 4.78 is 5.49. The third kappa shape index (κ3) is 3.17. The van der Waals surface area contributed by atoms with Gasteiger partial charge in [0.15, 0.2) is 0 Å². The zero-order chi connectivity index (χ0) is 13.0. The Hall–Kier alpha value is -0.750. The van der Waals surface area contributed by atoms with Crippen molar-refractivity contribution in [1.29, 1.82) is 0 Å². The summed E-state index contributed by atoms with van der Waals surface area (Å²) in [5.41, 5.74) is -1.06. The van der Waals surface area contributed by atoms with Gasteiger partial charge in [0, 0.05) is 12.4 Å². The number of rotatable bonds is 4. The van der Waals surface area contributed by atoms with Crippen LogP contribution in [0.2, 0.25) is 0 Å². The lowest BCUT2D eigenvalue weighted by Gasteiger charge is -2.27. The zero-order valence-corrected chi connectivity index (χ0v) is 11.1. The average molecular weight is 273 g/mol. The molecule has 0 spiro atoms. The van der Waals surface area contributed by atoms with Gasteiger partial charge in [-0.3, -0.25) is 4.79 Å². The second-order valence-corrected chi connectivity index (χ2v) is 6.04. The van der Waals surface area contributed by atoms with Gasteiger partial charge in [0.05, 0.1) is 12.5 Å². The van der Waals surface area contributed by atoms with E-state index in [9.17, 15) is 14.7 Å². The van der Waals surface area contributed by atoms with Crippen molar-refractivity contribution in [3.8, 4) is 0 Å². The number of carbonyl (C=O) groups excluding carboxylic acids is 1. The molecule has 0 radical (unpaired) electrons. The zero-order valence-electron chi connectivity index (χ0n) is 10.3. The summed E-state index contributed by atoms with van der Waals surface area (Å²) in [5.74, 6) is 0.115. The fraction of sp³-hybridized carbons (Fsp3) is 0.833. The van der Waals surface area contributed by atoms with E-state index >= 15 is 0 Å². The first-order valence-electron chi connectivity index (χ1n) is 6.36. The van der Waals surface area contributed by atoms with Gasteiger partial charge < -0.3 is 15.2 Å². The molecule has 2 unspecified atom stereocenters. The Bertz CT molecular complexity index is 322. The molecule has 2 fully saturated rings. The molecule has 1 amide bonds. The monoisotopic (exact) mass is 273 g/mol. The number of carbonyl (C=O) groups is 2. The van der Waals surface area contributed by atoms with E-state index in [-0.39, 0.29) is 18.4 Å². The summed E-state index contributed by atoms with van der Waals surface area (Å²) in [4.78, 5) is 23.2. The summed E-state index contributed by atoms with van der Waals surface area (Å²) in [6.07, 6.45) is 3.76. The van der Waals surface area contributed by atoms with Crippen molar-refractivity contribution in [2.24, 2.45) is 0 Å². The highest BCUT2D eigenvalue weighted by Crippen LogP contribution is 2.28. The molecule has 2 saturated heterocycles. The average Bonchev–Trinajstić information content (AvgIpc) is 2.80. The molecule has 0 saturated carbocycles. The molecule has 2 heterocycles. The molecule has 2 aliphatic rings. The number of thioether (sulfide) groups is 1. The van der Waals surface area contributed by atoms with Crippen LogP contribution in [-0.2, 0) is 14.3 Å². The number of carboxylic acids is 1. The SMILES string of the molecule is O=C(CC1CCCCO1)NC1(C(=O)O)CCSC1. The maximum Gasteiger partial charge on any atom is 0.330 e. The smallest absolute Gasteiger partial charge is 0.330 e. The lowest BCUT2D eigenvalue weighted by atomic mass is 9.98. The van der Waals surface area contributed by atoms with Crippen LogP contribution in [-0.4, -0.2) is 46.7 Å². The highest BCUT2D eigenvalue weighted by molar-refractivity contribution is 7.99. The van der Waals surface area contributed by atoms with E-state index in [0.29, 0.717) is 18.8 Å². The minimum atomic E-state index is -1.06. The number of aliphatic carboxylic acids is 1. The number of hydrogen-bond acceptors (Lipinski definition) is 4. The molecule has 0 aromatic rings. The first-order chi connectivity index (χ1) is 8.62. The van der Waals surface area contributed by atoms with E-state index in [1.54, 1.807) is 11.8 Å². The lowest BCUT2D eigenvalue weighted by Crippen LogP contribution is -2.55. The normalized spacial score (nSPS) is 32.1. The fourth-order valence-corrected chi connectivity index (χ4v) is 3.70. The molecule has 2 aliphatic heterocycles. The molecular formula is C12H19NO4S. The summed E-state index contributed by atoms with van der Waals surface area (Å²) in [6.45, 7) is 0.706. The summed E-state index contributed by atoms with van der Waals surface area (Å²) in [7, 11) is 0. The van der Waals surface area contributed by atoms with Gasteiger partial charge in [-0.1, -0.05) is 0 Å². The van der Waals surface area contributed by atoms with Gasteiger partial charge >= 0.3 is 5.97 Å². The van der Waals surface area contributed by atoms with Crippen LogP contribution in [0.1, 0.15) is 32.1 Å². The van der Waals surface area contributed by atoms with Crippen molar-refractivity contribution < 1.29 is 19.4 Å². The standard InChI is InChI=1S/C12H19NO4S/c14-10(7-9-3-1-2-5-17-9)13-12(11(15)16)4-6-18-8-12/h9H,1-8H2,(H,13,14)(H,15,16). The van der Waals surface area contributed by atoms with Crippen LogP contribution in [0.3, 0.4) is 0 Å². The van der Waals surface area contributed by atoms with E-state index in [2.05, 4.69) is 5.32 Å². The van der Waals surface area contributed by atoms with Gasteiger partial charge in [-0.05, 0) is 31.4 Å². The molecule has 18 heavy (non-hydrogen) atoms. The predicted octanol–water partition coefficient (Wildman–Crippen LogP) is 1.02. The van der Waals surface area contributed by atoms with Gasteiger partial charge in [-0.15, -0.1) is 0 Å². The Kier molecular flexibility index (Phi) is 4.50. The molecule has 2 rings (SSSR count). The van der Waals surface area contributed by atoms with Crippen molar-refractivity contribution in [1.82, 2.24) is 5.32 Å². The Morgan fingerprint density at radius 3 is 2.83 bits per heavy atom. The van der Waals surface area contributed by atoms with Crippen molar-refractivity contribution in [2.45, 2.75) is 43.7 Å². The second-order valence-electron chi connectivity index (χ2n) is 4.93. The maximum absolute atomic E-state index is 11.9. The Morgan fingerprint density at radius 1 is 1.44 bits per heavy atom. The Balaban J connectivity index is 1.87. The number of carboxylic acid groups (broad SMARTS) is 1. The first-order valence-corrected chi connectivity index (χ1v) is 7.52. The van der Waals surface area contributed by atoms with E-state index < -0.39 is 11.5 Å². The van der Waals surface area contributed by atoms with E-state index in [0.717, 1.165) is 25.0 Å². The minimum Gasteiger partial charge on any atom is -0.479 e. The quantitative estimate of drug-likeness (QED) is 0.800. The molecule has 2 atom stereocenters. The minimum absolute atomic E-state index is 0.0429. The van der Waals surface area contributed by atoms with Crippen LogP contribution < -0.4 is 5.32 Å². The van der Waals surface area contributed by atoms with Crippen LogP contribution in [0, 0.1) is 0 Å². The Labute approximate surface area is 111 Å². The lowest BCUT2D eigenvalue weighted by molar-refractivity contribution is -0.147. The second kappa shape index (κ2) is 5.93. The number of hydrogen-bond donors (Lipinski definition) is 2. The highest BCUT2D eigenvalue weighted by atomic mass is 32.2. The highest BCUT2D eigenvalue weighted by Gasteiger charge is 2.43. The van der Waals surface area contributed by atoms with Gasteiger partial charge in [0.1, 0.15) is 5.54 Å². The topological polar surface area (TPSA) is 75.6 Å². The van der Waals surface area contributed by atoms with Gasteiger partial charge in [-0.2, -0.15) is 11.8 Å². The summed E-state index contributed by atoms with van der Waals surface area (Å²) >= 11 is 1.57. The molecule has 6 heteroatoms. The molecular weight excluding hydrogens is 254 g/mol. The largest absolute Gasteiger partial charge is 0.479 e. The van der Waals surface area contributed by atoms with Crippen LogP contribution in [0.4, 0.5) is 0 Å². The van der Waals surface area contributed by atoms with Gasteiger partial charge in [-0.25, -0.2) is 4.79 Å². The summed E-state index contributed by atoms with van der Waals surface area (Å²) in [6, 6.07) is 0. The first kappa shape index (κ1) is 13.7. The van der Waals surface area contributed by atoms with Crippen molar-refractivity contribution >= 4 is 23.6 Å². The van der Waals surface area contributed by atoms with E-state index in [1.165, 1.54) is 0 Å². The Morgan fingerprint density at radius 2 is 2.28 bits per heavy atom. The van der Waals surface area contributed by atoms with E-state index in [4.69, 9.17) is 4.74 Å².